The van der Waals surface area contributed by atoms with E-state index in [4.69, 9.17) is 5.11 Å². The van der Waals surface area contributed by atoms with Crippen molar-refractivity contribution < 1.29 is 14.7 Å². The van der Waals surface area contributed by atoms with Gasteiger partial charge in [-0.1, -0.05) is 50.3 Å². The van der Waals surface area contributed by atoms with Gasteiger partial charge in [-0.3, -0.25) is 9.59 Å². The number of nitrogens with one attached hydrogen (secondary N) is 2. The van der Waals surface area contributed by atoms with E-state index in [1.807, 2.05) is 12.1 Å². The van der Waals surface area contributed by atoms with E-state index in [2.05, 4.69) is 60.9 Å². The largest absolute Gasteiger partial charge is 0.481 e. The summed E-state index contributed by atoms with van der Waals surface area (Å²) in [5, 5.41) is 15.1. The van der Waals surface area contributed by atoms with E-state index in [1.165, 1.54) is 11.1 Å². The number of aliphatic carboxylic acids is 1. The van der Waals surface area contributed by atoms with Crippen LogP contribution in [0.1, 0.15) is 71.6 Å². The average molecular weight is 405 g/mol. The van der Waals surface area contributed by atoms with Crippen LogP contribution in [0.5, 0.6) is 0 Å². The maximum Gasteiger partial charge on any atom is 0.305 e. The van der Waals surface area contributed by atoms with Crippen molar-refractivity contribution in [1.82, 2.24) is 5.32 Å². The number of allylic oxidation sites excluding steroid dienone is 2. The molecule has 1 aliphatic heterocycles. The fraction of sp³-hybridized carbons (Fsp3) is 0.360. The average Bonchev–Trinajstić information content (AvgIpc) is 3.23. The smallest absolute Gasteiger partial charge is 0.305 e. The summed E-state index contributed by atoms with van der Waals surface area (Å²) in [5.41, 5.74) is 5.39. The van der Waals surface area contributed by atoms with Gasteiger partial charge in [0.2, 0.25) is 0 Å². The fourth-order valence-corrected chi connectivity index (χ4v) is 4.54. The van der Waals surface area contributed by atoms with E-state index in [1.54, 1.807) is 6.07 Å². The zero-order valence-corrected chi connectivity index (χ0v) is 17.4. The lowest BCUT2D eigenvalue weighted by Gasteiger charge is -2.37. The zero-order valence-electron chi connectivity index (χ0n) is 17.4. The number of carbonyl (C=O) groups is 2. The second-order valence-electron chi connectivity index (χ2n) is 8.50. The number of amides is 1. The van der Waals surface area contributed by atoms with Crippen LogP contribution in [0.2, 0.25) is 0 Å². The lowest BCUT2D eigenvalue weighted by atomic mass is 9.76. The van der Waals surface area contributed by atoms with Gasteiger partial charge in [-0.05, 0) is 53.1 Å². The van der Waals surface area contributed by atoms with E-state index in [-0.39, 0.29) is 30.8 Å². The molecule has 2 aromatic rings. The minimum Gasteiger partial charge on any atom is -0.481 e. The zero-order chi connectivity index (χ0) is 21.3. The summed E-state index contributed by atoms with van der Waals surface area (Å²) in [7, 11) is 0. The van der Waals surface area contributed by atoms with E-state index >= 15 is 0 Å². The summed E-state index contributed by atoms with van der Waals surface area (Å²) < 4.78 is 0. The first-order valence-electron chi connectivity index (χ1n) is 10.6. The van der Waals surface area contributed by atoms with Gasteiger partial charge in [0, 0.05) is 23.7 Å². The Labute approximate surface area is 177 Å². The third-order valence-corrected chi connectivity index (χ3v) is 6.21. The van der Waals surface area contributed by atoms with Gasteiger partial charge in [0.15, 0.2) is 0 Å². The fourth-order valence-electron chi connectivity index (χ4n) is 4.54. The maximum atomic E-state index is 12.4. The summed E-state index contributed by atoms with van der Waals surface area (Å²) in [4.78, 5) is 23.1. The number of carboxylic acid groups (broad SMARTS) is 1. The van der Waals surface area contributed by atoms with Crippen LogP contribution in [0.3, 0.4) is 0 Å². The molecule has 0 radical (unpaired) electrons. The molecule has 3 atom stereocenters. The molecule has 1 heterocycles. The van der Waals surface area contributed by atoms with Gasteiger partial charge in [-0.25, -0.2) is 0 Å². The molecule has 0 spiro atoms. The van der Waals surface area contributed by atoms with Crippen LogP contribution in [0.4, 0.5) is 5.69 Å². The predicted octanol–water partition coefficient (Wildman–Crippen LogP) is 4.84. The van der Waals surface area contributed by atoms with Gasteiger partial charge in [0.25, 0.3) is 5.91 Å². The molecular weight excluding hydrogens is 376 g/mol. The second-order valence-corrected chi connectivity index (χ2v) is 8.50. The second kappa shape index (κ2) is 8.34. The number of fused-ring (bicyclic) bond motifs is 3. The van der Waals surface area contributed by atoms with Gasteiger partial charge in [0.1, 0.15) is 0 Å². The van der Waals surface area contributed by atoms with Crippen LogP contribution in [0, 0.1) is 5.92 Å². The number of benzene rings is 2. The van der Waals surface area contributed by atoms with Crippen molar-refractivity contribution in [3.8, 4) is 0 Å². The standard InChI is InChI=1S/C25H28N2O3/c1-15(2)16-6-8-17(9-7-16)24-20-5-3-4-19(20)21-14-18(10-11-22(21)27-24)25(30)26-13-12-23(28)29/h3-4,6-11,14-15,19-20,24,27H,5,12-13H2,1-2H3,(H,26,30)(H,28,29)/t19-,20+,24-/m0/s1. The molecule has 30 heavy (non-hydrogen) atoms. The molecule has 5 nitrogen and oxygen atoms in total. The normalized spacial score (nSPS) is 21.6. The minimum absolute atomic E-state index is 0.0804. The first-order valence-corrected chi connectivity index (χ1v) is 10.6. The van der Waals surface area contributed by atoms with Gasteiger partial charge in [0.05, 0.1) is 12.5 Å². The SMILES string of the molecule is CC(C)c1ccc([C@@H]2Nc3ccc(C(=O)NCCC(=O)O)cc3[C@H]3C=CC[C@H]32)cc1. The van der Waals surface area contributed by atoms with E-state index in [9.17, 15) is 9.59 Å². The molecule has 3 N–H and O–H groups in total. The first kappa shape index (κ1) is 20.2. The highest BCUT2D eigenvalue weighted by molar-refractivity contribution is 5.95. The van der Waals surface area contributed by atoms with Crippen LogP contribution < -0.4 is 10.6 Å². The van der Waals surface area contributed by atoms with Gasteiger partial charge >= 0.3 is 5.97 Å². The number of anilines is 1. The maximum absolute atomic E-state index is 12.4. The predicted molar refractivity (Wildman–Crippen MR) is 118 cm³/mol. The molecule has 0 saturated carbocycles. The Morgan fingerprint density at radius 2 is 1.93 bits per heavy atom. The first-order chi connectivity index (χ1) is 14.4. The van der Waals surface area contributed by atoms with Crippen molar-refractivity contribution in [1.29, 1.82) is 0 Å². The highest BCUT2D eigenvalue weighted by Crippen LogP contribution is 2.50. The van der Waals surface area contributed by atoms with Gasteiger partial charge in [-0.15, -0.1) is 0 Å². The summed E-state index contributed by atoms with van der Waals surface area (Å²) in [6, 6.07) is 14.9. The highest BCUT2D eigenvalue weighted by atomic mass is 16.4. The summed E-state index contributed by atoms with van der Waals surface area (Å²) in [6.07, 6.45) is 5.42. The Morgan fingerprint density at radius 1 is 1.17 bits per heavy atom. The van der Waals surface area contributed by atoms with Crippen LogP contribution in [0.15, 0.2) is 54.6 Å². The summed E-state index contributed by atoms with van der Waals surface area (Å²) in [6.45, 7) is 4.54. The Hall–Kier alpha value is -3.08. The molecule has 0 unspecified atom stereocenters. The number of carbonyl (C=O) groups excluding carboxylic acids is 1. The van der Waals surface area contributed by atoms with Crippen molar-refractivity contribution in [2.75, 3.05) is 11.9 Å². The molecule has 0 aromatic heterocycles. The van der Waals surface area contributed by atoms with Crippen molar-refractivity contribution in [2.45, 2.75) is 44.6 Å². The molecule has 0 bridgehead atoms. The molecule has 4 rings (SSSR count). The molecule has 156 valence electrons. The lowest BCUT2D eigenvalue weighted by molar-refractivity contribution is -0.136. The van der Waals surface area contributed by atoms with Crippen molar-refractivity contribution in [3.63, 3.8) is 0 Å². The third-order valence-electron chi connectivity index (χ3n) is 6.21. The summed E-state index contributed by atoms with van der Waals surface area (Å²) in [5.74, 6) is 0.0379. The monoisotopic (exact) mass is 404 g/mol. The minimum atomic E-state index is -0.920. The Kier molecular flexibility index (Phi) is 5.62. The van der Waals surface area contributed by atoms with E-state index in [0.29, 0.717) is 17.4 Å². The number of rotatable bonds is 6. The van der Waals surface area contributed by atoms with Crippen molar-refractivity contribution >= 4 is 17.6 Å². The number of hydrogen-bond donors (Lipinski definition) is 3. The Morgan fingerprint density at radius 3 is 2.63 bits per heavy atom. The molecule has 1 aliphatic carbocycles. The molecule has 2 aliphatic rings. The van der Waals surface area contributed by atoms with Crippen molar-refractivity contribution in [3.05, 3.63) is 76.9 Å². The number of carboxylic acids is 1. The Bertz CT molecular complexity index is 978. The number of hydrogen-bond acceptors (Lipinski definition) is 3. The van der Waals surface area contributed by atoms with Crippen LogP contribution in [-0.2, 0) is 4.79 Å². The van der Waals surface area contributed by atoms with Gasteiger partial charge in [-0.2, -0.15) is 0 Å². The van der Waals surface area contributed by atoms with Gasteiger partial charge < -0.3 is 15.7 Å². The quantitative estimate of drug-likeness (QED) is 0.602. The van der Waals surface area contributed by atoms with E-state index < -0.39 is 5.97 Å². The molecule has 1 amide bonds. The summed E-state index contributed by atoms with van der Waals surface area (Å²) >= 11 is 0. The molecular formula is C25H28N2O3. The molecule has 0 saturated heterocycles. The molecule has 2 aromatic carbocycles. The van der Waals surface area contributed by atoms with Crippen molar-refractivity contribution in [2.24, 2.45) is 5.92 Å². The topological polar surface area (TPSA) is 78.4 Å². The van der Waals surface area contributed by atoms with Crippen LogP contribution in [0.25, 0.3) is 0 Å². The van der Waals surface area contributed by atoms with Crippen LogP contribution >= 0.6 is 0 Å². The third kappa shape index (κ3) is 3.97. The van der Waals surface area contributed by atoms with Crippen LogP contribution in [-0.4, -0.2) is 23.5 Å². The molecule has 0 fully saturated rings. The Balaban J connectivity index is 1.57. The molecule has 5 heteroatoms. The van der Waals surface area contributed by atoms with E-state index in [0.717, 1.165) is 17.7 Å². The lowest BCUT2D eigenvalue weighted by Crippen LogP contribution is -2.30. The highest BCUT2D eigenvalue weighted by Gasteiger charge is 2.38.